The molecule has 132 valence electrons. The molecule has 5 nitrogen and oxygen atoms in total. The first-order valence-electron chi connectivity index (χ1n) is 8.45. The summed E-state index contributed by atoms with van der Waals surface area (Å²) >= 11 is 6.01. The summed E-state index contributed by atoms with van der Waals surface area (Å²) in [5, 5.41) is 3.84. The highest BCUT2D eigenvalue weighted by Crippen LogP contribution is 2.32. The number of nitrogens with zero attached hydrogens (tertiary/aromatic N) is 3. The van der Waals surface area contributed by atoms with Crippen molar-refractivity contribution in [2.75, 3.05) is 11.9 Å². The van der Waals surface area contributed by atoms with Gasteiger partial charge in [-0.25, -0.2) is 9.97 Å². The molecule has 0 bridgehead atoms. The first-order chi connectivity index (χ1) is 11.8. The number of carbonyl (C=O) groups is 1. The second-order valence-electron chi connectivity index (χ2n) is 7.41. The van der Waals surface area contributed by atoms with Crippen molar-refractivity contribution in [1.29, 1.82) is 0 Å². The largest absolute Gasteiger partial charge is 0.335 e. The summed E-state index contributed by atoms with van der Waals surface area (Å²) in [5.41, 5.74) is 2.46. The molecule has 0 radical (unpaired) electrons. The minimum absolute atomic E-state index is 0.0179. The molecule has 1 amide bonds. The smallest absolute Gasteiger partial charge is 0.228 e. The number of anilines is 2. The third-order valence-corrected chi connectivity index (χ3v) is 4.63. The number of halogens is 1. The van der Waals surface area contributed by atoms with Crippen molar-refractivity contribution in [3.63, 3.8) is 0 Å². The number of fused-ring (bicyclic) bond motifs is 1. The maximum absolute atomic E-state index is 12.6. The zero-order valence-corrected chi connectivity index (χ0v) is 15.8. The van der Waals surface area contributed by atoms with Crippen LogP contribution in [0, 0.1) is 5.41 Å². The fourth-order valence-electron chi connectivity index (χ4n) is 3.03. The first kappa shape index (κ1) is 17.7. The van der Waals surface area contributed by atoms with Crippen molar-refractivity contribution in [3.05, 3.63) is 46.7 Å². The van der Waals surface area contributed by atoms with Gasteiger partial charge in [-0.3, -0.25) is 4.79 Å². The summed E-state index contributed by atoms with van der Waals surface area (Å²) in [5.74, 6) is 0.704. The molecule has 1 atom stereocenters. The van der Waals surface area contributed by atoms with E-state index >= 15 is 0 Å². The molecule has 0 saturated heterocycles. The normalized spacial score (nSPS) is 17.2. The number of carbonyl (C=O) groups excluding carboxylic acids is 1. The van der Waals surface area contributed by atoms with E-state index in [-0.39, 0.29) is 17.4 Å². The van der Waals surface area contributed by atoms with Crippen molar-refractivity contribution in [1.82, 2.24) is 14.9 Å². The van der Waals surface area contributed by atoms with Gasteiger partial charge in [-0.2, -0.15) is 0 Å². The van der Waals surface area contributed by atoms with Gasteiger partial charge in [0.15, 0.2) is 0 Å². The number of aromatic nitrogens is 2. The van der Waals surface area contributed by atoms with Crippen molar-refractivity contribution in [2.24, 2.45) is 5.41 Å². The molecule has 6 heteroatoms. The van der Waals surface area contributed by atoms with Gasteiger partial charge >= 0.3 is 0 Å². The topological polar surface area (TPSA) is 58.1 Å². The van der Waals surface area contributed by atoms with Crippen molar-refractivity contribution < 1.29 is 4.79 Å². The summed E-state index contributed by atoms with van der Waals surface area (Å²) in [6, 6.07) is 7.43. The molecule has 1 aliphatic heterocycles. The molecule has 0 spiro atoms. The van der Waals surface area contributed by atoms with Gasteiger partial charge < -0.3 is 10.2 Å². The van der Waals surface area contributed by atoms with Gasteiger partial charge in [-0.15, -0.1) is 0 Å². The van der Waals surface area contributed by atoms with E-state index in [0.29, 0.717) is 17.5 Å². The Labute approximate surface area is 153 Å². The van der Waals surface area contributed by atoms with Crippen LogP contribution in [-0.2, 0) is 11.2 Å². The van der Waals surface area contributed by atoms with Crippen molar-refractivity contribution in [2.45, 2.75) is 40.2 Å². The van der Waals surface area contributed by atoms with E-state index in [4.69, 9.17) is 11.6 Å². The highest BCUT2D eigenvalue weighted by Gasteiger charge is 2.34. The number of hydrogen-bond acceptors (Lipinski definition) is 4. The van der Waals surface area contributed by atoms with Gasteiger partial charge in [0.25, 0.3) is 0 Å². The summed E-state index contributed by atoms with van der Waals surface area (Å²) in [6.07, 6.45) is 2.55. The highest BCUT2D eigenvalue weighted by molar-refractivity contribution is 6.30. The average molecular weight is 359 g/mol. The molecule has 1 aliphatic rings. The average Bonchev–Trinajstić information content (AvgIpc) is 2.54. The Bertz CT molecular complexity index is 800. The molecule has 2 heterocycles. The second-order valence-corrected chi connectivity index (χ2v) is 7.84. The number of benzene rings is 1. The third kappa shape index (κ3) is 3.76. The van der Waals surface area contributed by atoms with Crippen LogP contribution in [0.4, 0.5) is 11.6 Å². The molecule has 1 N–H and O–H groups in total. The Balaban J connectivity index is 1.82. The number of rotatable bonds is 2. The molecule has 0 fully saturated rings. The lowest BCUT2D eigenvalue weighted by molar-refractivity contribution is -0.142. The lowest BCUT2D eigenvalue weighted by Crippen LogP contribution is -2.44. The second kappa shape index (κ2) is 6.64. The monoisotopic (exact) mass is 358 g/mol. The number of nitrogens with one attached hydrogen (secondary N) is 1. The predicted molar refractivity (Wildman–Crippen MR) is 100 cm³/mol. The number of hydrogen-bond donors (Lipinski definition) is 1. The van der Waals surface area contributed by atoms with E-state index in [1.807, 2.05) is 63.1 Å². The van der Waals surface area contributed by atoms with Crippen molar-refractivity contribution >= 4 is 29.1 Å². The maximum atomic E-state index is 12.6. The molecule has 0 aliphatic carbocycles. The minimum atomic E-state index is -0.388. The summed E-state index contributed by atoms with van der Waals surface area (Å²) in [7, 11) is 0. The van der Waals surface area contributed by atoms with Crippen LogP contribution in [0.3, 0.4) is 0 Å². The Morgan fingerprint density at radius 3 is 2.80 bits per heavy atom. The zero-order valence-electron chi connectivity index (χ0n) is 15.0. The Morgan fingerprint density at radius 1 is 1.36 bits per heavy atom. The summed E-state index contributed by atoms with van der Waals surface area (Å²) < 4.78 is 0. The van der Waals surface area contributed by atoms with Crippen molar-refractivity contribution in [3.8, 4) is 0 Å². The van der Waals surface area contributed by atoms with Crippen LogP contribution in [0.5, 0.6) is 0 Å². The van der Waals surface area contributed by atoms with E-state index in [1.165, 1.54) is 0 Å². The van der Waals surface area contributed by atoms with E-state index < -0.39 is 0 Å². The predicted octanol–water partition coefficient (Wildman–Crippen LogP) is 4.37. The van der Waals surface area contributed by atoms with Crippen LogP contribution >= 0.6 is 11.6 Å². The van der Waals surface area contributed by atoms with Crippen LogP contribution in [-0.4, -0.2) is 27.3 Å². The number of amides is 1. The molecule has 1 aromatic heterocycles. The zero-order chi connectivity index (χ0) is 18.2. The molecule has 1 unspecified atom stereocenters. The molecule has 1 aromatic carbocycles. The van der Waals surface area contributed by atoms with Gasteiger partial charge in [0, 0.05) is 40.9 Å². The lowest BCUT2D eigenvalue weighted by atomic mass is 9.91. The maximum Gasteiger partial charge on any atom is 0.228 e. The van der Waals surface area contributed by atoms with Crippen LogP contribution in [0.1, 0.15) is 45.0 Å². The fourth-order valence-corrected chi connectivity index (χ4v) is 3.22. The van der Waals surface area contributed by atoms with Gasteiger partial charge in [0.05, 0.1) is 11.7 Å². The molecule has 3 rings (SSSR count). The lowest BCUT2D eigenvalue weighted by Gasteiger charge is -2.38. The minimum Gasteiger partial charge on any atom is -0.335 e. The Morgan fingerprint density at radius 2 is 2.12 bits per heavy atom. The summed E-state index contributed by atoms with van der Waals surface area (Å²) in [6.45, 7) is 8.57. The quantitative estimate of drug-likeness (QED) is 0.866. The van der Waals surface area contributed by atoms with Crippen LogP contribution in [0.15, 0.2) is 30.5 Å². The van der Waals surface area contributed by atoms with E-state index in [9.17, 15) is 4.79 Å². The van der Waals surface area contributed by atoms with Crippen LogP contribution < -0.4 is 5.32 Å². The van der Waals surface area contributed by atoms with Gasteiger partial charge in [0.1, 0.15) is 0 Å². The fraction of sp³-hybridized carbons (Fsp3) is 0.421. The Hall–Kier alpha value is -2.14. The van der Waals surface area contributed by atoms with Crippen LogP contribution in [0.2, 0.25) is 5.02 Å². The van der Waals surface area contributed by atoms with Gasteiger partial charge in [-0.1, -0.05) is 38.4 Å². The molecular weight excluding hydrogens is 336 g/mol. The van der Waals surface area contributed by atoms with Gasteiger partial charge in [-0.05, 0) is 25.1 Å². The third-order valence-electron chi connectivity index (χ3n) is 4.39. The first-order valence-corrected chi connectivity index (χ1v) is 8.83. The molecule has 0 saturated carbocycles. The molecular formula is C19H23ClN4O. The standard InChI is InChI=1S/C19H23ClN4O/c1-12-15-11-21-18(22-14-7-5-6-13(20)10-14)23-16(15)8-9-24(12)17(25)19(2,3)4/h5-7,10-12H,8-9H2,1-4H3,(H,21,22,23). The molecule has 25 heavy (non-hydrogen) atoms. The summed E-state index contributed by atoms with van der Waals surface area (Å²) in [4.78, 5) is 23.6. The van der Waals surface area contributed by atoms with E-state index in [0.717, 1.165) is 23.4 Å². The highest BCUT2D eigenvalue weighted by atomic mass is 35.5. The van der Waals surface area contributed by atoms with E-state index in [2.05, 4.69) is 15.3 Å². The van der Waals surface area contributed by atoms with Crippen LogP contribution in [0.25, 0.3) is 0 Å². The Kier molecular flexibility index (Phi) is 4.69. The SMILES string of the molecule is CC1c2cnc(Nc3cccc(Cl)c3)nc2CCN1C(=O)C(C)(C)C. The molecule has 2 aromatic rings. The van der Waals surface area contributed by atoms with E-state index in [1.54, 1.807) is 0 Å². The van der Waals surface area contributed by atoms with Gasteiger partial charge in [0.2, 0.25) is 11.9 Å².